The summed E-state index contributed by atoms with van der Waals surface area (Å²) in [7, 11) is 0. The summed E-state index contributed by atoms with van der Waals surface area (Å²) in [5.74, 6) is 0. The third kappa shape index (κ3) is 2.18. The Morgan fingerprint density at radius 1 is 1.33 bits per heavy atom. The molecule has 76 valence electrons. The van der Waals surface area contributed by atoms with Crippen molar-refractivity contribution in [2.45, 2.75) is 13.3 Å². The molecule has 1 aromatic heterocycles. The molecular weight excluding hydrogens is 206 g/mol. The van der Waals surface area contributed by atoms with E-state index in [-0.39, 0.29) is 0 Å². The lowest BCUT2D eigenvalue weighted by atomic mass is 10.1. The second kappa shape index (κ2) is 4.45. The van der Waals surface area contributed by atoms with Crippen molar-refractivity contribution in [1.82, 2.24) is 4.98 Å². The van der Waals surface area contributed by atoms with Gasteiger partial charge >= 0.3 is 0 Å². The van der Waals surface area contributed by atoms with Gasteiger partial charge in [-0.15, -0.1) is 0 Å². The summed E-state index contributed by atoms with van der Waals surface area (Å²) in [5.41, 5.74) is 2.11. The molecule has 0 unspecified atom stereocenters. The van der Waals surface area contributed by atoms with Gasteiger partial charge in [0.15, 0.2) is 0 Å². The van der Waals surface area contributed by atoms with Gasteiger partial charge in [-0.2, -0.15) is 0 Å². The maximum atomic E-state index is 6.10. The number of pyridine rings is 1. The molecule has 0 amide bonds. The summed E-state index contributed by atoms with van der Waals surface area (Å²) < 4.78 is 0. The number of benzene rings is 1. The molecule has 0 N–H and O–H groups in total. The lowest BCUT2D eigenvalue weighted by Gasteiger charge is -2.00. The minimum absolute atomic E-state index is 0.756. The van der Waals surface area contributed by atoms with Crippen LogP contribution in [0.3, 0.4) is 0 Å². The Kier molecular flexibility index (Phi) is 3.02. The predicted octanol–water partition coefficient (Wildman–Crippen LogP) is 4.31. The fourth-order valence-corrected chi connectivity index (χ4v) is 1.70. The number of nitrogens with zero attached hydrogens (tertiary/aromatic N) is 1. The molecule has 0 aliphatic carbocycles. The minimum Gasteiger partial charge on any atom is -0.256 e. The Morgan fingerprint density at radius 3 is 3.00 bits per heavy atom. The second-order valence-corrected chi connectivity index (χ2v) is 3.79. The normalized spacial score (nSPS) is 11.3. The molecule has 0 aliphatic heterocycles. The fraction of sp³-hybridized carbons (Fsp3) is 0.154. The maximum Gasteiger partial charge on any atom is 0.0717 e. The maximum absolute atomic E-state index is 6.10. The Labute approximate surface area is 94.4 Å². The van der Waals surface area contributed by atoms with Gasteiger partial charge in [0.2, 0.25) is 0 Å². The Balaban J connectivity index is 2.54. The van der Waals surface area contributed by atoms with Crippen LogP contribution in [0.15, 0.2) is 36.5 Å². The highest BCUT2D eigenvalue weighted by atomic mass is 35.5. The van der Waals surface area contributed by atoms with Gasteiger partial charge in [0.25, 0.3) is 0 Å². The molecule has 2 rings (SSSR count). The lowest BCUT2D eigenvalue weighted by molar-refractivity contribution is 1.23. The molecule has 0 fully saturated rings. The SMILES string of the molecule is CC/C=C/c1ccc2nccc(Cl)c2c1. The zero-order chi connectivity index (χ0) is 10.7. The number of aromatic nitrogens is 1. The van der Waals surface area contributed by atoms with E-state index in [4.69, 9.17) is 11.6 Å². The van der Waals surface area contributed by atoms with Crippen LogP contribution in [0.25, 0.3) is 17.0 Å². The van der Waals surface area contributed by atoms with Crippen LogP contribution in [0.1, 0.15) is 18.9 Å². The highest BCUT2D eigenvalue weighted by Crippen LogP contribution is 2.22. The van der Waals surface area contributed by atoms with Crippen LogP contribution in [-0.4, -0.2) is 4.98 Å². The summed E-state index contributed by atoms with van der Waals surface area (Å²) in [6.45, 7) is 2.12. The van der Waals surface area contributed by atoms with Crippen molar-refractivity contribution in [3.63, 3.8) is 0 Å². The van der Waals surface area contributed by atoms with Gasteiger partial charge in [0, 0.05) is 11.6 Å². The molecule has 0 radical (unpaired) electrons. The number of allylic oxidation sites excluding steroid dienone is 1. The van der Waals surface area contributed by atoms with Crippen LogP contribution in [0.4, 0.5) is 0 Å². The van der Waals surface area contributed by atoms with Crippen LogP contribution in [0.5, 0.6) is 0 Å². The van der Waals surface area contributed by atoms with Gasteiger partial charge in [-0.05, 0) is 30.2 Å². The standard InChI is InChI=1S/C13H12ClN/c1-2-3-4-10-5-6-13-11(9-10)12(14)7-8-15-13/h3-9H,2H2,1H3/b4-3+. The predicted molar refractivity (Wildman–Crippen MR) is 66.1 cm³/mol. The molecule has 15 heavy (non-hydrogen) atoms. The van der Waals surface area contributed by atoms with Crippen molar-refractivity contribution in [3.05, 3.63) is 47.1 Å². The Morgan fingerprint density at radius 2 is 2.20 bits per heavy atom. The molecule has 2 aromatic rings. The third-order valence-corrected chi connectivity index (χ3v) is 2.59. The van der Waals surface area contributed by atoms with Gasteiger partial charge in [-0.3, -0.25) is 4.98 Å². The third-order valence-electron chi connectivity index (χ3n) is 2.26. The number of rotatable bonds is 2. The molecule has 0 saturated carbocycles. The van der Waals surface area contributed by atoms with E-state index in [2.05, 4.69) is 36.2 Å². The summed E-state index contributed by atoms with van der Waals surface area (Å²) >= 11 is 6.10. The van der Waals surface area contributed by atoms with E-state index in [1.807, 2.05) is 12.1 Å². The number of fused-ring (bicyclic) bond motifs is 1. The van der Waals surface area contributed by atoms with Gasteiger partial charge in [0.1, 0.15) is 0 Å². The van der Waals surface area contributed by atoms with Crippen molar-refractivity contribution in [3.8, 4) is 0 Å². The number of halogens is 1. The minimum atomic E-state index is 0.756. The lowest BCUT2D eigenvalue weighted by Crippen LogP contribution is -1.80. The average Bonchev–Trinajstić information content (AvgIpc) is 2.27. The van der Waals surface area contributed by atoms with Crippen molar-refractivity contribution in [2.24, 2.45) is 0 Å². The van der Waals surface area contributed by atoms with Gasteiger partial charge in [0.05, 0.1) is 10.5 Å². The molecule has 1 heterocycles. The molecule has 1 aromatic carbocycles. The summed E-state index contributed by atoms with van der Waals surface area (Å²) in [4.78, 5) is 4.25. The van der Waals surface area contributed by atoms with Crippen LogP contribution in [0, 0.1) is 0 Å². The summed E-state index contributed by atoms with van der Waals surface area (Å²) in [5, 5.41) is 1.77. The topological polar surface area (TPSA) is 12.9 Å². The monoisotopic (exact) mass is 217 g/mol. The number of hydrogen-bond donors (Lipinski definition) is 0. The first kappa shape index (κ1) is 10.2. The molecule has 0 atom stereocenters. The highest BCUT2D eigenvalue weighted by molar-refractivity contribution is 6.35. The van der Waals surface area contributed by atoms with E-state index in [1.165, 1.54) is 5.56 Å². The second-order valence-electron chi connectivity index (χ2n) is 3.38. The molecule has 0 bridgehead atoms. The van der Waals surface area contributed by atoms with Gasteiger partial charge < -0.3 is 0 Å². The van der Waals surface area contributed by atoms with E-state index in [0.717, 1.165) is 22.3 Å². The highest BCUT2D eigenvalue weighted by Gasteiger charge is 1.99. The van der Waals surface area contributed by atoms with Crippen molar-refractivity contribution in [1.29, 1.82) is 0 Å². The van der Waals surface area contributed by atoms with Crippen LogP contribution in [-0.2, 0) is 0 Å². The van der Waals surface area contributed by atoms with Crippen LogP contribution >= 0.6 is 11.6 Å². The zero-order valence-electron chi connectivity index (χ0n) is 8.57. The van der Waals surface area contributed by atoms with E-state index in [9.17, 15) is 0 Å². The van der Waals surface area contributed by atoms with Gasteiger partial charge in [-0.25, -0.2) is 0 Å². The van der Waals surface area contributed by atoms with Gasteiger partial charge in [-0.1, -0.05) is 36.7 Å². The average molecular weight is 218 g/mol. The first-order valence-electron chi connectivity index (χ1n) is 5.02. The molecule has 0 saturated heterocycles. The van der Waals surface area contributed by atoms with Crippen molar-refractivity contribution < 1.29 is 0 Å². The van der Waals surface area contributed by atoms with E-state index >= 15 is 0 Å². The quantitative estimate of drug-likeness (QED) is 0.731. The van der Waals surface area contributed by atoms with Crippen molar-refractivity contribution >= 4 is 28.6 Å². The van der Waals surface area contributed by atoms with Crippen LogP contribution < -0.4 is 0 Å². The first-order chi connectivity index (χ1) is 7.31. The van der Waals surface area contributed by atoms with Crippen LogP contribution in [0.2, 0.25) is 5.02 Å². The van der Waals surface area contributed by atoms with E-state index < -0.39 is 0 Å². The van der Waals surface area contributed by atoms with Crippen molar-refractivity contribution in [2.75, 3.05) is 0 Å². The van der Waals surface area contributed by atoms with E-state index in [0.29, 0.717) is 0 Å². The molecule has 2 heteroatoms. The smallest absolute Gasteiger partial charge is 0.0717 e. The van der Waals surface area contributed by atoms with E-state index in [1.54, 1.807) is 6.20 Å². The fourth-order valence-electron chi connectivity index (χ4n) is 1.49. The summed E-state index contributed by atoms with van der Waals surface area (Å²) in [6.07, 6.45) is 7.00. The largest absolute Gasteiger partial charge is 0.256 e. The zero-order valence-corrected chi connectivity index (χ0v) is 9.33. The molecule has 0 aliphatic rings. The Bertz CT molecular complexity index is 503. The number of hydrogen-bond acceptors (Lipinski definition) is 1. The summed E-state index contributed by atoms with van der Waals surface area (Å²) in [6, 6.07) is 7.93. The first-order valence-corrected chi connectivity index (χ1v) is 5.40. The molecule has 0 spiro atoms. The Hall–Kier alpha value is -1.34. The molecular formula is C13H12ClN. The molecule has 1 nitrogen and oxygen atoms in total.